The Kier molecular flexibility index (Phi) is 3.01. The van der Waals surface area contributed by atoms with Crippen LogP contribution in [0.1, 0.15) is 16.0 Å². The molecule has 0 fully saturated rings. The second-order valence-electron chi connectivity index (χ2n) is 5.51. The van der Waals surface area contributed by atoms with Crippen molar-refractivity contribution in [3.05, 3.63) is 76.7 Å². The van der Waals surface area contributed by atoms with Gasteiger partial charge < -0.3 is 0 Å². The molecule has 1 aliphatic carbocycles. The summed E-state index contributed by atoms with van der Waals surface area (Å²) in [6, 6.07) is 15.6. The van der Waals surface area contributed by atoms with Crippen molar-refractivity contribution >= 4 is 27.5 Å². The zero-order valence-electron chi connectivity index (χ0n) is 12.0. The van der Waals surface area contributed by atoms with E-state index in [1.54, 1.807) is 0 Å². The predicted octanol–water partition coefficient (Wildman–Crippen LogP) is 6.00. The van der Waals surface area contributed by atoms with Crippen molar-refractivity contribution in [1.82, 2.24) is 0 Å². The number of benzene rings is 2. The maximum Gasteiger partial charge on any atom is 0.0352 e. The van der Waals surface area contributed by atoms with Crippen LogP contribution >= 0.6 is 11.3 Å². The van der Waals surface area contributed by atoms with E-state index in [0.29, 0.717) is 0 Å². The summed E-state index contributed by atoms with van der Waals surface area (Å²) < 4.78 is 1.39. The summed E-state index contributed by atoms with van der Waals surface area (Å²) in [5.41, 5.74) is 5.31. The van der Waals surface area contributed by atoms with Crippen LogP contribution in [0.2, 0.25) is 0 Å². The van der Waals surface area contributed by atoms with E-state index < -0.39 is 0 Å². The molecule has 0 radical (unpaired) electrons. The summed E-state index contributed by atoms with van der Waals surface area (Å²) in [6.07, 6.45) is 9.82. The van der Waals surface area contributed by atoms with E-state index in [1.807, 2.05) is 11.3 Å². The summed E-state index contributed by atoms with van der Waals surface area (Å²) in [4.78, 5) is 1.47. The molecule has 3 aromatic rings. The van der Waals surface area contributed by atoms with Crippen LogP contribution in [-0.2, 0) is 6.42 Å². The minimum Gasteiger partial charge on any atom is -0.139 e. The van der Waals surface area contributed by atoms with Crippen LogP contribution in [-0.4, -0.2) is 0 Å². The number of aryl methyl sites for hydroxylation is 1. The van der Waals surface area contributed by atoms with Gasteiger partial charge in [-0.05, 0) is 35.7 Å². The molecule has 2 aromatic carbocycles. The molecule has 0 atom stereocenters. The lowest BCUT2D eigenvalue weighted by atomic mass is 10.0. The van der Waals surface area contributed by atoms with Gasteiger partial charge in [-0.25, -0.2) is 0 Å². The summed E-state index contributed by atoms with van der Waals surface area (Å²) in [7, 11) is 0. The molecule has 0 saturated carbocycles. The molecule has 1 heterocycles. The largest absolute Gasteiger partial charge is 0.139 e. The molecule has 4 rings (SSSR count). The molecule has 1 aromatic heterocycles. The predicted molar refractivity (Wildman–Crippen MR) is 93.9 cm³/mol. The van der Waals surface area contributed by atoms with E-state index in [-0.39, 0.29) is 0 Å². The third kappa shape index (κ3) is 2.24. The van der Waals surface area contributed by atoms with Crippen molar-refractivity contribution < 1.29 is 0 Å². The van der Waals surface area contributed by atoms with Gasteiger partial charge >= 0.3 is 0 Å². The molecular formula is C20H16S. The maximum atomic E-state index is 2.34. The van der Waals surface area contributed by atoms with E-state index in [2.05, 4.69) is 73.7 Å². The van der Waals surface area contributed by atoms with Gasteiger partial charge in [0.25, 0.3) is 0 Å². The summed E-state index contributed by atoms with van der Waals surface area (Å²) in [5.74, 6) is 0. The van der Waals surface area contributed by atoms with Gasteiger partial charge in [-0.1, -0.05) is 60.2 Å². The van der Waals surface area contributed by atoms with Gasteiger partial charge in [-0.15, -0.1) is 11.3 Å². The van der Waals surface area contributed by atoms with Crippen molar-refractivity contribution in [2.45, 2.75) is 13.3 Å². The number of fused-ring (bicyclic) bond motifs is 3. The highest BCUT2D eigenvalue weighted by Gasteiger charge is 2.11. The fraction of sp³-hybridized carbons (Fsp3) is 0.100. The number of hydrogen-bond acceptors (Lipinski definition) is 1. The summed E-state index contributed by atoms with van der Waals surface area (Å²) in [6.45, 7) is 2.15. The Morgan fingerprint density at radius 1 is 0.952 bits per heavy atom. The van der Waals surface area contributed by atoms with Crippen molar-refractivity contribution in [3.63, 3.8) is 0 Å². The highest BCUT2D eigenvalue weighted by atomic mass is 32.1. The van der Waals surface area contributed by atoms with Gasteiger partial charge in [-0.3, -0.25) is 0 Å². The minimum absolute atomic E-state index is 1.04. The molecule has 0 spiro atoms. The van der Waals surface area contributed by atoms with Crippen LogP contribution in [0.5, 0.6) is 0 Å². The molecule has 0 saturated heterocycles. The van der Waals surface area contributed by atoms with Crippen LogP contribution in [0, 0.1) is 6.92 Å². The first kappa shape index (κ1) is 12.6. The molecule has 1 heteroatoms. The Hall–Kier alpha value is -2.12. The Morgan fingerprint density at radius 3 is 2.76 bits per heavy atom. The van der Waals surface area contributed by atoms with E-state index in [9.17, 15) is 0 Å². The van der Waals surface area contributed by atoms with Crippen LogP contribution in [0.15, 0.2) is 60.7 Å². The van der Waals surface area contributed by atoms with Gasteiger partial charge in [-0.2, -0.15) is 0 Å². The molecule has 0 aliphatic heterocycles. The maximum absolute atomic E-state index is 2.34. The smallest absolute Gasteiger partial charge is 0.0352 e. The van der Waals surface area contributed by atoms with Crippen LogP contribution in [0.3, 0.4) is 0 Å². The first-order valence-corrected chi connectivity index (χ1v) is 8.08. The standard InChI is InChI=1S/C20H16S/c1-14-6-5-7-15(12-14)16-10-11-20-18(13-16)17-8-3-2-4-9-19(17)21-20/h2-8,10-13H,9H2,1H3. The fourth-order valence-corrected chi connectivity index (χ4v) is 4.06. The lowest BCUT2D eigenvalue weighted by Gasteiger charge is -2.04. The number of allylic oxidation sites excluding steroid dienone is 3. The lowest BCUT2D eigenvalue weighted by molar-refractivity contribution is 1.35. The van der Waals surface area contributed by atoms with E-state index in [1.165, 1.54) is 37.2 Å². The Morgan fingerprint density at radius 2 is 1.86 bits per heavy atom. The second-order valence-corrected chi connectivity index (χ2v) is 6.65. The highest BCUT2D eigenvalue weighted by Crippen LogP contribution is 2.36. The minimum atomic E-state index is 1.04. The normalized spacial score (nSPS) is 13.4. The zero-order valence-corrected chi connectivity index (χ0v) is 12.8. The molecule has 0 N–H and O–H groups in total. The second kappa shape index (κ2) is 5.01. The van der Waals surface area contributed by atoms with E-state index in [0.717, 1.165) is 6.42 Å². The molecule has 0 unspecified atom stereocenters. The number of hydrogen-bond donors (Lipinski definition) is 0. The van der Waals surface area contributed by atoms with Crippen LogP contribution in [0.4, 0.5) is 0 Å². The molecular weight excluding hydrogens is 272 g/mol. The van der Waals surface area contributed by atoms with Crippen molar-refractivity contribution in [1.29, 1.82) is 0 Å². The molecule has 0 amide bonds. The fourth-order valence-electron chi connectivity index (χ4n) is 2.91. The molecule has 21 heavy (non-hydrogen) atoms. The van der Waals surface area contributed by atoms with Gasteiger partial charge in [0.2, 0.25) is 0 Å². The van der Waals surface area contributed by atoms with Crippen molar-refractivity contribution in [3.8, 4) is 11.1 Å². The zero-order chi connectivity index (χ0) is 14.2. The monoisotopic (exact) mass is 288 g/mol. The number of rotatable bonds is 1. The highest BCUT2D eigenvalue weighted by molar-refractivity contribution is 7.19. The molecule has 1 aliphatic rings. The summed E-state index contributed by atoms with van der Waals surface area (Å²) >= 11 is 1.92. The first-order chi connectivity index (χ1) is 10.3. The van der Waals surface area contributed by atoms with Crippen molar-refractivity contribution in [2.75, 3.05) is 0 Å². The van der Waals surface area contributed by atoms with Gasteiger partial charge in [0.05, 0.1) is 0 Å². The van der Waals surface area contributed by atoms with Crippen molar-refractivity contribution in [2.24, 2.45) is 0 Å². The van der Waals surface area contributed by atoms with Gasteiger partial charge in [0, 0.05) is 21.4 Å². The SMILES string of the molecule is Cc1cccc(-c2ccc3sc4c(c3c2)C=CC=CC4)c1. The van der Waals surface area contributed by atoms with E-state index in [4.69, 9.17) is 0 Å². The first-order valence-electron chi connectivity index (χ1n) is 7.27. The van der Waals surface area contributed by atoms with Gasteiger partial charge in [0.1, 0.15) is 0 Å². The van der Waals surface area contributed by atoms with Crippen LogP contribution in [0.25, 0.3) is 27.3 Å². The third-order valence-corrected chi connectivity index (χ3v) is 5.18. The average molecular weight is 288 g/mol. The number of thiophene rings is 1. The van der Waals surface area contributed by atoms with E-state index >= 15 is 0 Å². The quantitative estimate of drug-likeness (QED) is 0.515. The Balaban J connectivity index is 1.92. The molecule has 0 nitrogen and oxygen atoms in total. The average Bonchev–Trinajstić information content (AvgIpc) is 2.67. The van der Waals surface area contributed by atoms with Crippen LogP contribution < -0.4 is 0 Å². The molecule has 0 bridgehead atoms. The third-order valence-electron chi connectivity index (χ3n) is 3.97. The Labute approximate surface area is 129 Å². The topological polar surface area (TPSA) is 0 Å². The molecule has 102 valence electrons. The Bertz CT molecular complexity index is 878. The lowest BCUT2D eigenvalue weighted by Crippen LogP contribution is -1.81. The van der Waals surface area contributed by atoms with Gasteiger partial charge in [0.15, 0.2) is 0 Å². The summed E-state index contributed by atoms with van der Waals surface area (Å²) in [5, 5.41) is 1.38.